The number of carbonyl (C=O) groups is 1. The van der Waals surface area contributed by atoms with Gasteiger partial charge in [0.05, 0.1) is 12.0 Å². The number of nitrogens with one attached hydrogen (secondary N) is 1. The highest BCUT2D eigenvalue weighted by molar-refractivity contribution is 5.70. The van der Waals surface area contributed by atoms with E-state index < -0.39 is 5.97 Å². The standard InChI is InChI=1S/C25H32N2O4/c1-4-22(21-13-20(16(2)3)23(28)14-24(21)29)26-19-7-5-17(6-8-19)15-27-11-9-18(10-12-27)25(30)31/h4-8,13-14,16,18,22,26,28-29H,1,9-12,15H2,2-3H3,(H,30,31). The molecule has 1 aliphatic heterocycles. The van der Waals surface area contributed by atoms with Gasteiger partial charge in [-0.05, 0) is 61.2 Å². The molecule has 0 aliphatic carbocycles. The molecule has 0 spiro atoms. The molecule has 1 heterocycles. The third-order valence-electron chi connectivity index (χ3n) is 5.99. The van der Waals surface area contributed by atoms with E-state index in [4.69, 9.17) is 5.11 Å². The number of hydrogen-bond acceptors (Lipinski definition) is 5. The summed E-state index contributed by atoms with van der Waals surface area (Å²) in [4.78, 5) is 13.4. The van der Waals surface area contributed by atoms with Crippen LogP contribution in [0.5, 0.6) is 11.5 Å². The van der Waals surface area contributed by atoms with Crippen molar-refractivity contribution in [3.05, 3.63) is 65.7 Å². The van der Waals surface area contributed by atoms with Crippen molar-refractivity contribution in [2.24, 2.45) is 5.92 Å². The van der Waals surface area contributed by atoms with E-state index in [2.05, 4.69) is 28.9 Å². The van der Waals surface area contributed by atoms with Gasteiger partial charge in [-0.15, -0.1) is 6.58 Å². The number of benzene rings is 2. The second-order valence-electron chi connectivity index (χ2n) is 8.57. The Morgan fingerprint density at radius 2 is 1.74 bits per heavy atom. The lowest BCUT2D eigenvalue weighted by Gasteiger charge is -2.30. The average Bonchev–Trinajstić information content (AvgIpc) is 2.74. The van der Waals surface area contributed by atoms with Crippen molar-refractivity contribution in [3.63, 3.8) is 0 Å². The monoisotopic (exact) mass is 424 g/mol. The average molecular weight is 425 g/mol. The van der Waals surface area contributed by atoms with Gasteiger partial charge in [0, 0.05) is 23.9 Å². The summed E-state index contributed by atoms with van der Waals surface area (Å²) in [6.45, 7) is 10.3. The fraction of sp³-hybridized carbons (Fsp3) is 0.400. The third kappa shape index (κ3) is 5.58. The molecule has 1 atom stereocenters. The van der Waals surface area contributed by atoms with Gasteiger partial charge in [-0.2, -0.15) is 0 Å². The van der Waals surface area contributed by atoms with E-state index in [9.17, 15) is 15.0 Å². The van der Waals surface area contributed by atoms with E-state index in [1.54, 1.807) is 6.08 Å². The number of nitrogens with zero attached hydrogens (tertiary/aromatic N) is 1. The summed E-state index contributed by atoms with van der Waals surface area (Å²) >= 11 is 0. The van der Waals surface area contributed by atoms with Crippen LogP contribution in [0.2, 0.25) is 0 Å². The maximum atomic E-state index is 11.1. The molecule has 1 saturated heterocycles. The van der Waals surface area contributed by atoms with Crippen LogP contribution in [0, 0.1) is 5.92 Å². The Kier molecular flexibility index (Phi) is 7.23. The number of carboxylic acid groups (broad SMARTS) is 1. The number of piperidine rings is 1. The predicted octanol–water partition coefficient (Wildman–Crippen LogP) is 4.86. The highest BCUT2D eigenvalue weighted by Gasteiger charge is 2.24. The lowest BCUT2D eigenvalue weighted by molar-refractivity contribution is -0.143. The summed E-state index contributed by atoms with van der Waals surface area (Å²) in [6.07, 6.45) is 3.13. The minimum absolute atomic E-state index is 0.0284. The first kappa shape index (κ1) is 22.7. The van der Waals surface area contributed by atoms with Gasteiger partial charge < -0.3 is 20.6 Å². The van der Waals surface area contributed by atoms with Gasteiger partial charge in [0.25, 0.3) is 0 Å². The van der Waals surface area contributed by atoms with E-state index in [1.165, 1.54) is 11.6 Å². The number of phenols is 2. The van der Waals surface area contributed by atoms with E-state index in [-0.39, 0.29) is 29.4 Å². The van der Waals surface area contributed by atoms with E-state index >= 15 is 0 Å². The topological polar surface area (TPSA) is 93.0 Å². The van der Waals surface area contributed by atoms with Crippen LogP contribution in [0.4, 0.5) is 5.69 Å². The second kappa shape index (κ2) is 9.88. The minimum Gasteiger partial charge on any atom is -0.508 e. The molecular formula is C25H32N2O4. The maximum Gasteiger partial charge on any atom is 0.306 e. The van der Waals surface area contributed by atoms with Crippen LogP contribution >= 0.6 is 0 Å². The van der Waals surface area contributed by atoms with Crippen LogP contribution in [-0.4, -0.2) is 39.3 Å². The molecule has 6 nitrogen and oxygen atoms in total. The van der Waals surface area contributed by atoms with Crippen LogP contribution in [0.15, 0.2) is 49.1 Å². The fourth-order valence-electron chi connectivity index (χ4n) is 4.07. The van der Waals surface area contributed by atoms with Crippen molar-refractivity contribution in [1.29, 1.82) is 0 Å². The molecule has 0 bridgehead atoms. The van der Waals surface area contributed by atoms with Crippen molar-refractivity contribution < 1.29 is 20.1 Å². The molecule has 1 unspecified atom stereocenters. The molecule has 1 aliphatic rings. The summed E-state index contributed by atoms with van der Waals surface area (Å²) in [5, 5.41) is 33.0. The Morgan fingerprint density at radius 1 is 1.13 bits per heavy atom. The van der Waals surface area contributed by atoms with Crippen molar-refractivity contribution >= 4 is 11.7 Å². The highest BCUT2D eigenvalue weighted by Crippen LogP contribution is 2.36. The lowest BCUT2D eigenvalue weighted by Crippen LogP contribution is -2.35. The largest absolute Gasteiger partial charge is 0.508 e. The molecule has 2 aromatic carbocycles. The first-order valence-corrected chi connectivity index (χ1v) is 10.8. The van der Waals surface area contributed by atoms with Gasteiger partial charge in [-0.1, -0.05) is 32.1 Å². The van der Waals surface area contributed by atoms with Crippen LogP contribution in [0.3, 0.4) is 0 Å². The van der Waals surface area contributed by atoms with E-state index in [1.807, 2.05) is 32.0 Å². The van der Waals surface area contributed by atoms with Crippen molar-refractivity contribution in [2.45, 2.75) is 45.2 Å². The Morgan fingerprint density at radius 3 is 2.29 bits per heavy atom. The Labute approximate surface area is 183 Å². The molecule has 166 valence electrons. The molecule has 6 heteroatoms. The molecule has 0 radical (unpaired) electrons. The number of carboxylic acids is 1. The molecule has 3 rings (SSSR count). The molecule has 2 aromatic rings. The number of aliphatic carboxylic acids is 1. The predicted molar refractivity (Wildman–Crippen MR) is 123 cm³/mol. The molecule has 0 saturated carbocycles. The third-order valence-corrected chi connectivity index (χ3v) is 5.99. The number of likely N-dealkylation sites (tertiary alicyclic amines) is 1. The van der Waals surface area contributed by atoms with Crippen molar-refractivity contribution in [3.8, 4) is 11.5 Å². The van der Waals surface area contributed by atoms with Gasteiger partial charge in [-0.25, -0.2) is 0 Å². The van der Waals surface area contributed by atoms with Crippen LogP contribution in [-0.2, 0) is 11.3 Å². The van der Waals surface area contributed by atoms with Gasteiger partial charge in [0.2, 0.25) is 0 Å². The summed E-state index contributed by atoms with van der Waals surface area (Å²) in [7, 11) is 0. The number of anilines is 1. The van der Waals surface area contributed by atoms with Gasteiger partial charge >= 0.3 is 5.97 Å². The quantitative estimate of drug-likeness (QED) is 0.453. The number of aromatic hydroxyl groups is 2. The maximum absolute atomic E-state index is 11.1. The Hall–Kier alpha value is -2.99. The zero-order chi connectivity index (χ0) is 22.5. The lowest BCUT2D eigenvalue weighted by atomic mass is 9.95. The van der Waals surface area contributed by atoms with Crippen LogP contribution in [0.25, 0.3) is 0 Å². The zero-order valence-electron chi connectivity index (χ0n) is 18.2. The molecule has 31 heavy (non-hydrogen) atoms. The summed E-state index contributed by atoms with van der Waals surface area (Å²) in [5.41, 5.74) is 3.52. The van der Waals surface area contributed by atoms with E-state index in [0.717, 1.165) is 30.9 Å². The zero-order valence-corrected chi connectivity index (χ0v) is 18.2. The number of rotatable bonds is 8. The molecule has 0 aromatic heterocycles. The highest BCUT2D eigenvalue weighted by atomic mass is 16.4. The van der Waals surface area contributed by atoms with E-state index in [0.29, 0.717) is 18.4 Å². The molecule has 4 N–H and O–H groups in total. The van der Waals surface area contributed by atoms with Gasteiger partial charge in [0.1, 0.15) is 11.5 Å². The normalized spacial score (nSPS) is 16.2. The van der Waals surface area contributed by atoms with Crippen LogP contribution in [0.1, 0.15) is 55.3 Å². The van der Waals surface area contributed by atoms with Crippen molar-refractivity contribution in [2.75, 3.05) is 18.4 Å². The first-order chi connectivity index (χ1) is 14.8. The Bertz CT molecular complexity index is 916. The summed E-state index contributed by atoms with van der Waals surface area (Å²) in [5.74, 6) is -0.653. The number of phenolic OH excluding ortho intramolecular Hbond substituents is 2. The minimum atomic E-state index is -0.688. The van der Waals surface area contributed by atoms with Gasteiger partial charge in [-0.3, -0.25) is 9.69 Å². The summed E-state index contributed by atoms with van der Waals surface area (Å²) in [6, 6.07) is 11.0. The smallest absolute Gasteiger partial charge is 0.306 e. The molecular weight excluding hydrogens is 392 g/mol. The molecule has 1 fully saturated rings. The van der Waals surface area contributed by atoms with Crippen molar-refractivity contribution in [1.82, 2.24) is 4.90 Å². The van der Waals surface area contributed by atoms with Crippen LogP contribution < -0.4 is 5.32 Å². The molecule has 0 amide bonds. The second-order valence-corrected chi connectivity index (χ2v) is 8.57. The van der Waals surface area contributed by atoms with Gasteiger partial charge in [0.15, 0.2) is 0 Å². The SMILES string of the molecule is C=CC(Nc1ccc(CN2CCC(C(=O)O)CC2)cc1)c1cc(C(C)C)c(O)cc1O. The number of hydrogen-bond donors (Lipinski definition) is 4. The first-order valence-electron chi connectivity index (χ1n) is 10.8. The fourth-order valence-corrected chi connectivity index (χ4v) is 4.07. The summed E-state index contributed by atoms with van der Waals surface area (Å²) < 4.78 is 0. The Balaban J connectivity index is 1.65.